The molecule has 0 bridgehead atoms. The minimum absolute atomic E-state index is 0.625. The molecule has 0 saturated heterocycles. The number of anilines is 1. The first kappa shape index (κ1) is 15.0. The SMILES string of the molecule is CCCOc1cccc(CNc2cc(Cl)cc(Cl)c2)c1. The molecule has 2 nitrogen and oxygen atoms in total. The molecular weight excluding hydrogens is 293 g/mol. The van der Waals surface area contributed by atoms with E-state index in [-0.39, 0.29) is 0 Å². The Balaban J connectivity index is 1.99. The summed E-state index contributed by atoms with van der Waals surface area (Å²) in [5.41, 5.74) is 2.05. The number of ether oxygens (including phenoxy) is 1. The van der Waals surface area contributed by atoms with Crippen molar-refractivity contribution in [3.05, 3.63) is 58.1 Å². The first-order chi connectivity index (χ1) is 9.67. The average Bonchev–Trinajstić information content (AvgIpc) is 2.42. The highest BCUT2D eigenvalue weighted by molar-refractivity contribution is 6.35. The molecular formula is C16H17Cl2NO. The fourth-order valence-corrected chi connectivity index (χ4v) is 2.35. The minimum Gasteiger partial charge on any atom is -0.494 e. The number of rotatable bonds is 6. The summed E-state index contributed by atoms with van der Waals surface area (Å²) in [4.78, 5) is 0. The van der Waals surface area contributed by atoms with Crippen LogP contribution >= 0.6 is 23.2 Å². The van der Waals surface area contributed by atoms with Crippen LogP contribution in [0.15, 0.2) is 42.5 Å². The predicted octanol–water partition coefficient (Wildman–Crippen LogP) is 5.39. The van der Waals surface area contributed by atoms with Gasteiger partial charge >= 0.3 is 0 Å². The summed E-state index contributed by atoms with van der Waals surface area (Å²) in [7, 11) is 0. The zero-order valence-electron chi connectivity index (χ0n) is 11.3. The first-order valence-corrected chi connectivity index (χ1v) is 7.34. The van der Waals surface area contributed by atoms with Gasteiger partial charge in [0.05, 0.1) is 6.61 Å². The third-order valence-corrected chi connectivity index (χ3v) is 3.17. The van der Waals surface area contributed by atoms with E-state index in [1.807, 2.05) is 30.3 Å². The summed E-state index contributed by atoms with van der Waals surface area (Å²) in [5, 5.41) is 4.55. The van der Waals surface area contributed by atoms with Crippen LogP contribution in [0.4, 0.5) is 5.69 Å². The highest BCUT2D eigenvalue weighted by Gasteiger charge is 2.00. The van der Waals surface area contributed by atoms with Crippen molar-refractivity contribution in [2.24, 2.45) is 0 Å². The van der Waals surface area contributed by atoms with Crippen molar-refractivity contribution in [2.45, 2.75) is 19.9 Å². The third kappa shape index (κ3) is 4.62. The molecule has 0 saturated carbocycles. The normalized spacial score (nSPS) is 10.3. The summed E-state index contributed by atoms with van der Waals surface area (Å²) in [6.45, 7) is 3.52. The summed E-state index contributed by atoms with van der Waals surface area (Å²) < 4.78 is 5.62. The molecule has 0 aliphatic carbocycles. The molecule has 0 amide bonds. The fraction of sp³-hybridized carbons (Fsp3) is 0.250. The molecule has 2 aromatic carbocycles. The van der Waals surface area contributed by atoms with Gasteiger partial charge in [-0.2, -0.15) is 0 Å². The highest BCUT2D eigenvalue weighted by Crippen LogP contribution is 2.23. The van der Waals surface area contributed by atoms with E-state index in [0.29, 0.717) is 16.6 Å². The molecule has 1 N–H and O–H groups in total. The van der Waals surface area contributed by atoms with Crippen LogP contribution in [-0.2, 0) is 6.54 Å². The Morgan fingerprint density at radius 1 is 1.05 bits per heavy atom. The molecule has 4 heteroatoms. The maximum atomic E-state index is 5.97. The van der Waals surface area contributed by atoms with Gasteiger partial charge in [0.1, 0.15) is 5.75 Å². The van der Waals surface area contributed by atoms with Gasteiger partial charge in [0.15, 0.2) is 0 Å². The van der Waals surface area contributed by atoms with E-state index >= 15 is 0 Å². The molecule has 2 rings (SSSR count). The van der Waals surface area contributed by atoms with Crippen LogP contribution in [0.3, 0.4) is 0 Å². The average molecular weight is 310 g/mol. The van der Waals surface area contributed by atoms with Crippen molar-refractivity contribution in [3.63, 3.8) is 0 Å². The van der Waals surface area contributed by atoms with Crippen LogP contribution in [0.1, 0.15) is 18.9 Å². The van der Waals surface area contributed by atoms with Crippen molar-refractivity contribution in [2.75, 3.05) is 11.9 Å². The van der Waals surface area contributed by atoms with Crippen LogP contribution in [0.2, 0.25) is 10.0 Å². The summed E-state index contributed by atoms with van der Waals surface area (Å²) in [5.74, 6) is 0.898. The molecule has 0 aliphatic heterocycles. The van der Waals surface area contributed by atoms with Gasteiger partial charge in [-0.15, -0.1) is 0 Å². The van der Waals surface area contributed by atoms with Crippen LogP contribution in [-0.4, -0.2) is 6.61 Å². The molecule has 106 valence electrons. The molecule has 0 fully saturated rings. The number of hydrogen-bond donors (Lipinski definition) is 1. The quantitative estimate of drug-likeness (QED) is 0.772. The Morgan fingerprint density at radius 2 is 1.80 bits per heavy atom. The molecule has 0 spiro atoms. The molecule has 0 aliphatic rings. The molecule has 20 heavy (non-hydrogen) atoms. The zero-order valence-corrected chi connectivity index (χ0v) is 12.8. The number of nitrogens with one attached hydrogen (secondary N) is 1. The Morgan fingerprint density at radius 3 is 2.50 bits per heavy atom. The van der Waals surface area contributed by atoms with Crippen molar-refractivity contribution in [3.8, 4) is 5.75 Å². The fourth-order valence-electron chi connectivity index (χ4n) is 1.83. The maximum absolute atomic E-state index is 5.97. The number of benzene rings is 2. The van der Waals surface area contributed by atoms with E-state index < -0.39 is 0 Å². The topological polar surface area (TPSA) is 21.3 Å². The van der Waals surface area contributed by atoms with E-state index in [2.05, 4.69) is 18.3 Å². The second-order valence-electron chi connectivity index (χ2n) is 4.51. The minimum atomic E-state index is 0.625. The van der Waals surface area contributed by atoms with Gasteiger partial charge in [0.25, 0.3) is 0 Å². The first-order valence-electron chi connectivity index (χ1n) is 6.59. The Kier molecular flexibility index (Phi) is 5.57. The van der Waals surface area contributed by atoms with Crippen molar-refractivity contribution < 1.29 is 4.74 Å². The van der Waals surface area contributed by atoms with Crippen molar-refractivity contribution in [1.29, 1.82) is 0 Å². The maximum Gasteiger partial charge on any atom is 0.119 e. The second kappa shape index (κ2) is 7.41. The zero-order chi connectivity index (χ0) is 14.4. The van der Waals surface area contributed by atoms with Gasteiger partial charge in [-0.05, 0) is 42.3 Å². The van der Waals surface area contributed by atoms with E-state index in [0.717, 1.165) is 30.0 Å². The van der Waals surface area contributed by atoms with Crippen LogP contribution in [0.25, 0.3) is 0 Å². The lowest BCUT2D eigenvalue weighted by Gasteiger charge is -2.10. The van der Waals surface area contributed by atoms with Crippen molar-refractivity contribution in [1.82, 2.24) is 0 Å². The largest absolute Gasteiger partial charge is 0.494 e. The molecule has 0 aromatic heterocycles. The number of halogens is 2. The van der Waals surface area contributed by atoms with Crippen LogP contribution in [0, 0.1) is 0 Å². The lowest BCUT2D eigenvalue weighted by atomic mass is 10.2. The smallest absolute Gasteiger partial charge is 0.119 e. The van der Waals surface area contributed by atoms with Crippen LogP contribution in [0.5, 0.6) is 5.75 Å². The highest BCUT2D eigenvalue weighted by atomic mass is 35.5. The Labute approximate surface area is 129 Å². The molecule has 0 atom stereocenters. The molecule has 0 radical (unpaired) electrons. The molecule has 2 aromatic rings. The van der Waals surface area contributed by atoms with E-state index in [1.165, 1.54) is 0 Å². The van der Waals surface area contributed by atoms with Gasteiger partial charge in [-0.1, -0.05) is 42.3 Å². The Hall–Kier alpha value is -1.38. The van der Waals surface area contributed by atoms with Gasteiger partial charge in [-0.3, -0.25) is 0 Å². The second-order valence-corrected chi connectivity index (χ2v) is 5.38. The molecule has 0 heterocycles. The summed E-state index contributed by atoms with van der Waals surface area (Å²) in [6.07, 6.45) is 1.00. The van der Waals surface area contributed by atoms with E-state index in [4.69, 9.17) is 27.9 Å². The third-order valence-electron chi connectivity index (χ3n) is 2.73. The van der Waals surface area contributed by atoms with E-state index in [1.54, 1.807) is 6.07 Å². The van der Waals surface area contributed by atoms with Crippen LogP contribution < -0.4 is 10.1 Å². The van der Waals surface area contributed by atoms with Gasteiger partial charge < -0.3 is 10.1 Å². The van der Waals surface area contributed by atoms with Gasteiger partial charge in [0, 0.05) is 22.3 Å². The standard InChI is InChI=1S/C16H17Cl2NO/c1-2-6-20-16-5-3-4-12(7-16)11-19-15-9-13(17)8-14(18)10-15/h3-5,7-10,19H,2,6,11H2,1H3. The van der Waals surface area contributed by atoms with Gasteiger partial charge in [-0.25, -0.2) is 0 Å². The lowest BCUT2D eigenvalue weighted by Crippen LogP contribution is -2.00. The summed E-state index contributed by atoms with van der Waals surface area (Å²) >= 11 is 11.9. The van der Waals surface area contributed by atoms with Gasteiger partial charge in [0.2, 0.25) is 0 Å². The summed E-state index contributed by atoms with van der Waals surface area (Å²) in [6, 6.07) is 13.5. The van der Waals surface area contributed by atoms with E-state index in [9.17, 15) is 0 Å². The predicted molar refractivity (Wildman–Crippen MR) is 86.0 cm³/mol. The van der Waals surface area contributed by atoms with Crippen molar-refractivity contribution >= 4 is 28.9 Å². The monoisotopic (exact) mass is 309 g/mol. The number of hydrogen-bond acceptors (Lipinski definition) is 2. The molecule has 0 unspecified atom stereocenters. The lowest BCUT2D eigenvalue weighted by molar-refractivity contribution is 0.317. The Bertz CT molecular complexity index is 552.